The van der Waals surface area contributed by atoms with Gasteiger partial charge in [0.15, 0.2) is 0 Å². The van der Waals surface area contributed by atoms with Crippen molar-refractivity contribution in [2.75, 3.05) is 10.6 Å². The van der Waals surface area contributed by atoms with Gasteiger partial charge in [0.05, 0.1) is 21.5 Å². The number of thioether (sulfide) groups is 1. The van der Waals surface area contributed by atoms with Gasteiger partial charge in [0.1, 0.15) is 5.70 Å². The number of anilines is 2. The predicted molar refractivity (Wildman–Crippen MR) is 162 cm³/mol. The Morgan fingerprint density at radius 1 is 0.929 bits per heavy atom. The zero-order chi connectivity index (χ0) is 30.3. The summed E-state index contributed by atoms with van der Waals surface area (Å²) in [6, 6.07) is 21.5. The van der Waals surface area contributed by atoms with Crippen molar-refractivity contribution in [3.8, 4) is 0 Å². The Bertz CT molecular complexity index is 1610. The van der Waals surface area contributed by atoms with Crippen LogP contribution in [-0.2, 0) is 15.8 Å². The Balaban J connectivity index is 1.45. The van der Waals surface area contributed by atoms with E-state index in [0.29, 0.717) is 16.1 Å². The number of rotatable bonds is 9. The molecule has 4 aromatic rings. The topological polar surface area (TPSA) is 87.3 Å². The van der Waals surface area contributed by atoms with Gasteiger partial charge in [-0.3, -0.25) is 14.4 Å². The summed E-state index contributed by atoms with van der Waals surface area (Å²) in [7, 11) is 0. The van der Waals surface area contributed by atoms with Gasteiger partial charge >= 0.3 is 6.18 Å². The molecule has 0 saturated heterocycles. The molecule has 0 saturated carbocycles. The van der Waals surface area contributed by atoms with Crippen LogP contribution in [0.15, 0.2) is 101 Å². The first-order chi connectivity index (χ1) is 20.0. The van der Waals surface area contributed by atoms with Crippen molar-refractivity contribution in [1.82, 2.24) is 5.32 Å². The summed E-state index contributed by atoms with van der Waals surface area (Å²) in [6.07, 6.45) is -3.01. The molecule has 6 nitrogen and oxygen atoms in total. The molecule has 0 radical (unpaired) electrons. The molecule has 4 rings (SSSR count). The number of thiophene rings is 1. The minimum atomic E-state index is -4.58. The lowest BCUT2D eigenvalue weighted by molar-refractivity contribution is -0.137. The Labute approximate surface area is 253 Å². The first-order valence-electron chi connectivity index (χ1n) is 12.4. The molecule has 3 N–H and O–H groups in total. The maximum Gasteiger partial charge on any atom is 0.416 e. The smallest absolute Gasteiger partial charge is 0.324 e. The second-order valence-corrected chi connectivity index (χ2v) is 11.6. The van der Waals surface area contributed by atoms with Gasteiger partial charge in [0.25, 0.3) is 11.8 Å². The Kier molecular flexibility index (Phi) is 10.1. The quantitative estimate of drug-likeness (QED) is 0.130. The molecule has 0 fully saturated rings. The van der Waals surface area contributed by atoms with Gasteiger partial charge in [-0.1, -0.05) is 41.9 Å². The van der Waals surface area contributed by atoms with Gasteiger partial charge in [-0.25, -0.2) is 0 Å². The van der Waals surface area contributed by atoms with Gasteiger partial charge in [0, 0.05) is 21.0 Å². The van der Waals surface area contributed by atoms with Gasteiger partial charge in [-0.05, 0) is 73.0 Å². The number of carbonyl (C=O) groups excluding carboxylic acids is 3. The average Bonchev–Trinajstić information content (AvgIpc) is 3.47. The third-order valence-electron chi connectivity index (χ3n) is 5.68. The highest BCUT2D eigenvalue weighted by atomic mass is 35.5. The summed E-state index contributed by atoms with van der Waals surface area (Å²) in [6.45, 7) is 1.59. The highest BCUT2D eigenvalue weighted by Gasteiger charge is 2.31. The van der Waals surface area contributed by atoms with E-state index in [9.17, 15) is 27.6 Å². The van der Waals surface area contributed by atoms with E-state index in [0.717, 1.165) is 34.8 Å². The van der Waals surface area contributed by atoms with E-state index in [1.54, 1.807) is 67.6 Å². The molecule has 3 amide bonds. The zero-order valence-corrected chi connectivity index (χ0v) is 24.3. The lowest BCUT2D eigenvalue weighted by atomic mass is 10.2. The van der Waals surface area contributed by atoms with Crippen LogP contribution in [-0.4, -0.2) is 23.0 Å². The average molecular weight is 630 g/mol. The molecular weight excluding hydrogens is 607 g/mol. The van der Waals surface area contributed by atoms with Gasteiger partial charge < -0.3 is 16.0 Å². The van der Waals surface area contributed by atoms with Crippen molar-refractivity contribution in [3.05, 3.63) is 117 Å². The number of nitrogens with one attached hydrogen (secondary N) is 3. The molecule has 0 spiro atoms. The highest BCUT2D eigenvalue weighted by Crippen LogP contribution is 2.34. The van der Waals surface area contributed by atoms with Crippen molar-refractivity contribution in [2.24, 2.45) is 0 Å². The second-order valence-electron chi connectivity index (χ2n) is 8.82. The largest absolute Gasteiger partial charge is 0.416 e. The van der Waals surface area contributed by atoms with Crippen LogP contribution in [0.5, 0.6) is 0 Å². The fourth-order valence-corrected chi connectivity index (χ4v) is 5.34. The zero-order valence-electron chi connectivity index (χ0n) is 21.9. The molecule has 0 aliphatic heterocycles. The number of alkyl halides is 3. The van der Waals surface area contributed by atoms with E-state index >= 15 is 0 Å². The summed E-state index contributed by atoms with van der Waals surface area (Å²) >= 11 is 8.54. The van der Waals surface area contributed by atoms with Crippen LogP contribution in [0.2, 0.25) is 5.02 Å². The predicted octanol–water partition coefficient (Wildman–Crippen LogP) is 7.95. The molecule has 42 heavy (non-hydrogen) atoms. The maximum absolute atomic E-state index is 13.2. The van der Waals surface area contributed by atoms with E-state index in [2.05, 4.69) is 16.0 Å². The lowest BCUT2D eigenvalue weighted by Gasteiger charge is -2.15. The lowest BCUT2D eigenvalue weighted by Crippen LogP contribution is -2.30. The molecule has 1 atom stereocenters. The molecule has 1 unspecified atom stereocenters. The number of benzene rings is 3. The molecule has 0 aliphatic carbocycles. The van der Waals surface area contributed by atoms with Crippen LogP contribution in [0, 0.1) is 0 Å². The van der Waals surface area contributed by atoms with Crippen LogP contribution in [0.3, 0.4) is 0 Å². The first-order valence-corrected chi connectivity index (χ1v) is 14.5. The van der Waals surface area contributed by atoms with E-state index < -0.39 is 34.7 Å². The summed E-state index contributed by atoms with van der Waals surface area (Å²) in [5.74, 6) is -1.56. The molecule has 0 aliphatic rings. The number of hydrogen-bond donors (Lipinski definition) is 3. The molecular formula is C30H23ClF3N3O3S2. The van der Waals surface area contributed by atoms with Crippen molar-refractivity contribution >= 4 is 69.9 Å². The van der Waals surface area contributed by atoms with Gasteiger partial charge in [-0.2, -0.15) is 13.2 Å². The van der Waals surface area contributed by atoms with Gasteiger partial charge in [-0.15, -0.1) is 23.1 Å². The summed E-state index contributed by atoms with van der Waals surface area (Å²) in [5.41, 5.74) is -0.245. The van der Waals surface area contributed by atoms with Crippen molar-refractivity contribution in [1.29, 1.82) is 0 Å². The van der Waals surface area contributed by atoms with Crippen LogP contribution in [0.4, 0.5) is 24.5 Å². The number of amides is 3. The van der Waals surface area contributed by atoms with Crippen molar-refractivity contribution in [3.63, 3.8) is 0 Å². The molecule has 216 valence electrons. The van der Waals surface area contributed by atoms with Crippen LogP contribution >= 0.6 is 34.7 Å². The molecule has 1 aromatic heterocycles. The summed E-state index contributed by atoms with van der Waals surface area (Å²) < 4.78 is 39.2. The minimum absolute atomic E-state index is 0.0241. The fraction of sp³-hybridized carbons (Fsp3) is 0.100. The van der Waals surface area contributed by atoms with E-state index in [-0.39, 0.29) is 16.4 Å². The fourth-order valence-electron chi connectivity index (χ4n) is 3.59. The molecule has 3 aromatic carbocycles. The van der Waals surface area contributed by atoms with E-state index in [1.807, 2.05) is 17.5 Å². The molecule has 1 heterocycles. The van der Waals surface area contributed by atoms with Crippen LogP contribution in [0.1, 0.15) is 27.7 Å². The Morgan fingerprint density at radius 3 is 2.38 bits per heavy atom. The number of halogens is 4. The Morgan fingerprint density at radius 2 is 1.69 bits per heavy atom. The van der Waals surface area contributed by atoms with Crippen LogP contribution in [0.25, 0.3) is 6.08 Å². The van der Waals surface area contributed by atoms with Crippen molar-refractivity contribution < 1.29 is 27.6 Å². The van der Waals surface area contributed by atoms with E-state index in [1.165, 1.54) is 11.3 Å². The third kappa shape index (κ3) is 8.48. The standard InChI is InChI=1S/C30H23ClF3N3O3S2/c1-18(27(38)36-25-15-20(30(32,33)34)12-13-24(25)31)42-23-10-5-9-21(16-23)35-29(40)26(17-22-11-6-14-41-22)37-28(39)19-7-3-2-4-8-19/h2-18H,1H3,(H,35,40)(H,36,38)(H,37,39)/b26-17-. The Hall–Kier alpha value is -4.06. The third-order valence-corrected chi connectivity index (χ3v) is 7.93. The molecule has 0 bridgehead atoms. The number of carbonyl (C=O) groups is 3. The SMILES string of the molecule is CC(Sc1cccc(NC(=O)/C(=C/c2cccs2)NC(=O)c2ccccc2)c1)C(=O)Nc1cc(C(F)(F)F)ccc1Cl. The maximum atomic E-state index is 13.2. The first kappa shape index (κ1) is 30.9. The minimum Gasteiger partial charge on any atom is -0.324 e. The van der Waals surface area contributed by atoms with Crippen LogP contribution < -0.4 is 16.0 Å². The molecule has 12 heteroatoms. The second kappa shape index (κ2) is 13.7. The van der Waals surface area contributed by atoms with Crippen molar-refractivity contribution in [2.45, 2.75) is 23.2 Å². The normalized spacial score (nSPS) is 12.4. The highest BCUT2D eigenvalue weighted by molar-refractivity contribution is 8.00. The summed E-state index contributed by atoms with van der Waals surface area (Å²) in [5, 5.41) is 8.99. The van der Waals surface area contributed by atoms with Gasteiger partial charge in [0.2, 0.25) is 5.91 Å². The van der Waals surface area contributed by atoms with E-state index in [4.69, 9.17) is 11.6 Å². The monoisotopic (exact) mass is 629 g/mol. The number of hydrogen-bond acceptors (Lipinski definition) is 5. The summed E-state index contributed by atoms with van der Waals surface area (Å²) in [4.78, 5) is 40.1.